The molecule has 0 heterocycles. The second kappa shape index (κ2) is 5.75. The van der Waals surface area contributed by atoms with Gasteiger partial charge in [-0.3, -0.25) is 4.79 Å². The first-order valence-electron chi connectivity index (χ1n) is 6.30. The lowest BCUT2D eigenvalue weighted by Gasteiger charge is -2.09. The third-order valence-electron chi connectivity index (χ3n) is 3.09. The molecule has 0 atom stereocenters. The molecule has 0 aliphatic heterocycles. The van der Waals surface area contributed by atoms with Gasteiger partial charge in [-0.05, 0) is 43.7 Å². The SMILES string of the molecule is Cc1ccc(F)c(C(=O)Nc2ccc(C)c(C(=O)O)c2)c1. The Labute approximate surface area is 121 Å². The van der Waals surface area contributed by atoms with E-state index in [4.69, 9.17) is 5.11 Å². The lowest BCUT2D eigenvalue weighted by Crippen LogP contribution is -2.14. The quantitative estimate of drug-likeness (QED) is 0.909. The minimum Gasteiger partial charge on any atom is -0.478 e. The zero-order chi connectivity index (χ0) is 15.6. The Hall–Kier alpha value is -2.69. The number of amides is 1. The van der Waals surface area contributed by atoms with Gasteiger partial charge in [0.2, 0.25) is 0 Å². The summed E-state index contributed by atoms with van der Waals surface area (Å²) in [6.45, 7) is 3.42. The number of rotatable bonds is 3. The summed E-state index contributed by atoms with van der Waals surface area (Å²) in [4.78, 5) is 23.1. The molecule has 5 heteroatoms. The Morgan fingerprint density at radius 2 is 1.76 bits per heavy atom. The molecule has 0 aliphatic rings. The number of aromatic carboxylic acids is 1. The van der Waals surface area contributed by atoms with Crippen LogP contribution in [0.5, 0.6) is 0 Å². The number of halogens is 1. The van der Waals surface area contributed by atoms with E-state index in [-0.39, 0.29) is 11.1 Å². The van der Waals surface area contributed by atoms with Gasteiger partial charge >= 0.3 is 5.97 Å². The average molecular weight is 287 g/mol. The van der Waals surface area contributed by atoms with Crippen LogP contribution in [0.25, 0.3) is 0 Å². The van der Waals surface area contributed by atoms with Crippen molar-refractivity contribution in [2.24, 2.45) is 0 Å². The van der Waals surface area contributed by atoms with Crippen molar-refractivity contribution in [3.8, 4) is 0 Å². The standard InChI is InChI=1S/C16H14FNO3/c1-9-3-6-14(17)13(7-9)15(19)18-11-5-4-10(2)12(8-11)16(20)21/h3-8H,1-2H3,(H,18,19)(H,20,21). The predicted octanol–water partition coefficient (Wildman–Crippen LogP) is 3.39. The van der Waals surface area contributed by atoms with Gasteiger partial charge in [0.05, 0.1) is 11.1 Å². The van der Waals surface area contributed by atoms with Gasteiger partial charge in [-0.15, -0.1) is 0 Å². The second-order valence-electron chi connectivity index (χ2n) is 4.77. The van der Waals surface area contributed by atoms with Crippen LogP contribution < -0.4 is 5.32 Å². The maximum absolute atomic E-state index is 13.6. The lowest BCUT2D eigenvalue weighted by atomic mass is 10.1. The number of nitrogens with one attached hydrogen (secondary N) is 1. The van der Waals surface area contributed by atoms with E-state index in [1.807, 2.05) is 0 Å². The van der Waals surface area contributed by atoms with Crippen LogP contribution in [0.15, 0.2) is 36.4 Å². The first-order valence-corrected chi connectivity index (χ1v) is 6.30. The minimum atomic E-state index is -1.08. The third kappa shape index (κ3) is 3.25. The van der Waals surface area contributed by atoms with Crippen molar-refractivity contribution in [2.75, 3.05) is 5.32 Å². The molecule has 0 bridgehead atoms. The van der Waals surface area contributed by atoms with Crippen LogP contribution in [0, 0.1) is 19.7 Å². The van der Waals surface area contributed by atoms with Crippen molar-refractivity contribution in [3.05, 3.63) is 64.5 Å². The molecule has 0 fully saturated rings. The maximum atomic E-state index is 13.6. The highest BCUT2D eigenvalue weighted by molar-refractivity contribution is 6.05. The molecule has 2 aromatic carbocycles. The molecule has 0 saturated heterocycles. The average Bonchev–Trinajstić information content (AvgIpc) is 2.43. The highest BCUT2D eigenvalue weighted by Crippen LogP contribution is 2.17. The Morgan fingerprint density at radius 3 is 2.43 bits per heavy atom. The van der Waals surface area contributed by atoms with Gasteiger partial charge in [0.1, 0.15) is 5.82 Å². The molecule has 1 amide bonds. The summed E-state index contributed by atoms with van der Waals surface area (Å²) >= 11 is 0. The van der Waals surface area contributed by atoms with Gasteiger partial charge in [-0.1, -0.05) is 17.7 Å². The summed E-state index contributed by atoms with van der Waals surface area (Å²) in [5, 5.41) is 11.6. The number of benzene rings is 2. The largest absolute Gasteiger partial charge is 0.478 e. The zero-order valence-electron chi connectivity index (χ0n) is 11.6. The van der Waals surface area contributed by atoms with Gasteiger partial charge in [-0.25, -0.2) is 9.18 Å². The van der Waals surface area contributed by atoms with Gasteiger partial charge in [-0.2, -0.15) is 0 Å². The highest BCUT2D eigenvalue weighted by atomic mass is 19.1. The Bertz CT molecular complexity index is 725. The molecule has 0 aromatic heterocycles. The second-order valence-corrected chi connectivity index (χ2v) is 4.77. The molecule has 0 radical (unpaired) electrons. The van der Waals surface area contributed by atoms with Crippen molar-refractivity contribution in [1.82, 2.24) is 0 Å². The lowest BCUT2D eigenvalue weighted by molar-refractivity contribution is 0.0695. The van der Waals surface area contributed by atoms with E-state index in [0.717, 1.165) is 5.56 Å². The number of carboxylic acid groups (broad SMARTS) is 1. The fourth-order valence-corrected chi connectivity index (χ4v) is 1.94. The van der Waals surface area contributed by atoms with Crippen molar-refractivity contribution < 1.29 is 19.1 Å². The Balaban J connectivity index is 2.29. The zero-order valence-corrected chi connectivity index (χ0v) is 11.6. The molecule has 0 saturated carbocycles. The summed E-state index contributed by atoms with van der Waals surface area (Å²) in [5.41, 5.74) is 1.67. The molecule has 4 nitrogen and oxygen atoms in total. The fourth-order valence-electron chi connectivity index (χ4n) is 1.94. The molecule has 2 rings (SSSR count). The molecular weight excluding hydrogens is 273 g/mol. The number of carboxylic acids is 1. The summed E-state index contributed by atoms with van der Waals surface area (Å²) in [5.74, 6) is -2.31. The van der Waals surface area contributed by atoms with E-state index in [2.05, 4.69) is 5.32 Å². The van der Waals surface area contributed by atoms with Crippen LogP contribution in [0.2, 0.25) is 0 Å². The number of hydrogen-bond acceptors (Lipinski definition) is 2. The van der Waals surface area contributed by atoms with Crippen LogP contribution in [0.4, 0.5) is 10.1 Å². The van der Waals surface area contributed by atoms with Gasteiger partial charge in [0.25, 0.3) is 5.91 Å². The highest BCUT2D eigenvalue weighted by Gasteiger charge is 2.14. The van der Waals surface area contributed by atoms with Crippen molar-refractivity contribution in [2.45, 2.75) is 13.8 Å². The molecule has 2 aromatic rings. The first-order chi connectivity index (χ1) is 9.88. The van der Waals surface area contributed by atoms with Gasteiger partial charge in [0, 0.05) is 5.69 Å². The normalized spacial score (nSPS) is 10.2. The summed E-state index contributed by atoms with van der Waals surface area (Å²) in [6, 6.07) is 8.75. The van der Waals surface area contributed by atoms with Gasteiger partial charge in [0.15, 0.2) is 0 Å². The van der Waals surface area contributed by atoms with E-state index < -0.39 is 17.7 Å². The van der Waals surface area contributed by atoms with Crippen LogP contribution in [0.1, 0.15) is 31.8 Å². The maximum Gasteiger partial charge on any atom is 0.336 e. The van der Waals surface area contributed by atoms with Crippen LogP contribution in [-0.2, 0) is 0 Å². The summed E-state index contributed by atoms with van der Waals surface area (Å²) in [6.07, 6.45) is 0. The number of hydrogen-bond donors (Lipinski definition) is 2. The van der Waals surface area contributed by atoms with Gasteiger partial charge < -0.3 is 10.4 Å². The number of carbonyl (C=O) groups excluding carboxylic acids is 1. The number of anilines is 1. The van der Waals surface area contributed by atoms with E-state index in [9.17, 15) is 14.0 Å². The first kappa shape index (κ1) is 14.7. The van der Waals surface area contributed by atoms with E-state index in [1.54, 1.807) is 32.0 Å². The van der Waals surface area contributed by atoms with Crippen LogP contribution in [-0.4, -0.2) is 17.0 Å². The van der Waals surface area contributed by atoms with E-state index in [1.165, 1.54) is 18.2 Å². The topological polar surface area (TPSA) is 66.4 Å². The molecule has 21 heavy (non-hydrogen) atoms. The molecule has 2 N–H and O–H groups in total. The van der Waals surface area contributed by atoms with Crippen molar-refractivity contribution in [3.63, 3.8) is 0 Å². The molecule has 0 aliphatic carbocycles. The molecule has 0 spiro atoms. The van der Waals surface area contributed by atoms with Crippen molar-refractivity contribution >= 4 is 17.6 Å². The third-order valence-corrected chi connectivity index (χ3v) is 3.09. The monoisotopic (exact) mass is 287 g/mol. The van der Waals surface area contributed by atoms with Crippen LogP contribution in [0.3, 0.4) is 0 Å². The predicted molar refractivity (Wildman–Crippen MR) is 77.2 cm³/mol. The van der Waals surface area contributed by atoms with Crippen LogP contribution >= 0.6 is 0 Å². The fraction of sp³-hybridized carbons (Fsp3) is 0.125. The van der Waals surface area contributed by atoms with Crippen molar-refractivity contribution in [1.29, 1.82) is 0 Å². The Kier molecular flexibility index (Phi) is 4.03. The Morgan fingerprint density at radius 1 is 1.05 bits per heavy atom. The van der Waals surface area contributed by atoms with E-state index >= 15 is 0 Å². The number of aryl methyl sites for hydroxylation is 2. The minimum absolute atomic E-state index is 0.0764. The number of carbonyl (C=O) groups is 2. The smallest absolute Gasteiger partial charge is 0.336 e. The summed E-state index contributed by atoms with van der Waals surface area (Å²) < 4.78 is 13.6. The van der Waals surface area contributed by atoms with E-state index in [0.29, 0.717) is 11.3 Å². The summed E-state index contributed by atoms with van der Waals surface area (Å²) in [7, 11) is 0. The molecule has 0 unspecified atom stereocenters. The molecule has 108 valence electrons. The molecular formula is C16H14FNO3.